The molecule has 0 amide bonds. The van der Waals surface area contributed by atoms with Gasteiger partial charge in [-0.25, -0.2) is 4.39 Å². The molecule has 2 nitrogen and oxygen atoms in total. The SMILES string of the molecule is Cc1ccc(C(N)c2ccc(C)nc2)c(F)c1. The second-order valence-corrected chi connectivity index (χ2v) is 4.24. The van der Waals surface area contributed by atoms with Crippen molar-refractivity contribution >= 4 is 0 Å². The van der Waals surface area contributed by atoms with Crippen LogP contribution < -0.4 is 5.73 Å². The van der Waals surface area contributed by atoms with E-state index in [4.69, 9.17) is 5.73 Å². The zero-order valence-electron chi connectivity index (χ0n) is 9.94. The van der Waals surface area contributed by atoms with Crippen LogP contribution in [-0.4, -0.2) is 4.98 Å². The Kier molecular flexibility index (Phi) is 3.20. The molecule has 0 saturated heterocycles. The van der Waals surface area contributed by atoms with Crippen molar-refractivity contribution in [2.45, 2.75) is 19.9 Å². The van der Waals surface area contributed by atoms with Crippen LogP contribution in [0.25, 0.3) is 0 Å². The quantitative estimate of drug-likeness (QED) is 0.861. The van der Waals surface area contributed by atoms with Crippen molar-refractivity contribution in [3.63, 3.8) is 0 Å². The summed E-state index contributed by atoms with van der Waals surface area (Å²) in [4.78, 5) is 4.17. The molecule has 1 aromatic carbocycles. The number of aromatic nitrogens is 1. The van der Waals surface area contributed by atoms with Gasteiger partial charge >= 0.3 is 0 Å². The Morgan fingerprint density at radius 3 is 2.53 bits per heavy atom. The van der Waals surface area contributed by atoms with Crippen molar-refractivity contribution in [1.82, 2.24) is 4.98 Å². The van der Waals surface area contributed by atoms with Crippen LogP contribution in [0, 0.1) is 19.7 Å². The second kappa shape index (κ2) is 4.63. The predicted molar refractivity (Wildman–Crippen MR) is 66.1 cm³/mol. The van der Waals surface area contributed by atoms with Crippen LogP contribution in [0.2, 0.25) is 0 Å². The van der Waals surface area contributed by atoms with Gasteiger partial charge in [-0.15, -0.1) is 0 Å². The number of pyridine rings is 1. The maximum atomic E-state index is 13.8. The van der Waals surface area contributed by atoms with Gasteiger partial charge in [0, 0.05) is 17.5 Å². The minimum absolute atomic E-state index is 0.266. The molecule has 0 spiro atoms. The van der Waals surface area contributed by atoms with E-state index in [-0.39, 0.29) is 5.82 Å². The number of hydrogen-bond donors (Lipinski definition) is 1. The number of rotatable bonds is 2. The summed E-state index contributed by atoms with van der Waals surface area (Å²) >= 11 is 0. The molecular formula is C14H15FN2. The molecule has 2 N–H and O–H groups in total. The van der Waals surface area contributed by atoms with E-state index in [2.05, 4.69) is 4.98 Å². The van der Waals surface area contributed by atoms with Crippen LogP contribution in [-0.2, 0) is 0 Å². The van der Waals surface area contributed by atoms with Crippen molar-refractivity contribution < 1.29 is 4.39 Å². The highest BCUT2D eigenvalue weighted by Crippen LogP contribution is 2.22. The van der Waals surface area contributed by atoms with Gasteiger partial charge in [0.2, 0.25) is 0 Å². The minimum Gasteiger partial charge on any atom is -0.320 e. The fourth-order valence-electron chi connectivity index (χ4n) is 1.73. The van der Waals surface area contributed by atoms with Crippen LogP contribution in [0.1, 0.15) is 28.4 Å². The summed E-state index contributed by atoms with van der Waals surface area (Å²) in [6.45, 7) is 3.76. The second-order valence-electron chi connectivity index (χ2n) is 4.24. The Hall–Kier alpha value is -1.74. The van der Waals surface area contributed by atoms with E-state index < -0.39 is 6.04 Å². The smallest absolute Gasteiger partial charge is 0.128 e. The summed E-state index contributed by atoms with van der Waals surface area (Å²) in [6.07, 6.45) is 1.69. The lowest BCUT2D eigenvalue weighted by Gasteiger charge is -2.13. The fourth-order valence-corrected chi connectivity index (χ4v) is 1.73. The van der Waals surface area contributed by atoms with Gasteiger partial charge in [-0.2, -0.15) is 0 Å². The number of nitrogens with two attached hydrogens (primary N) is 1. The van der Waals surface area contributed by atoms with E-state index in [0.717, 1.165) is 16.8 Å². The Morgan fingerprint density at radius 2 is 1.94 bits per heavy atom. The zero-order chi connectivity index (χ0) is 12.4. The largest absolute Gasteiger partial charge is 0.320 e. The molecule has 1 atom stereocenters. The molecular weight excluding hydrogens is 215 g/mol. The van der Waals surface area contributed by atoms with Gasteiger partial charge in [0.25, 0.3) is 0 Å². The highest BCUT2D eigenvalue weighted by Gasteiger charge is 2.13. The van der Waals surface area contributed by atoms with Crippen LogP contribution in [0.4, 0.5) is 4.39 Å². The molecule has 0 fully saturated rings. The molecule has 0 saturated carbocycles. The maximum absolute atomic E-state index is 13.8. The Balaban J connectivity index is 2.36. The predicted octanol–water partition coefficient (Wildman–Crippen LogP) is 2.89. The van der Waals surface area contributed by atoms with Crippen molar-refractivity contribution in [2.75, 3.05) is 0 Å². The van der Waals surface area contributed by atoms with E-state index in [1.54, 1.807) is 12.3 Å². The van der Waals surface area contributed by atoms with E-state index in [0.29, 0.717) is 5.56 Å². The van der Waals surface area contributed by atoms with E-state index in [1.807, 2.05) is 32.0 Å². The molecule has 0 aliphatic carbocycles. The van der Waals surface area contributed by atoms with Gasteiger partial charge in [0.05, 0.1) is 6.04 Å². The standard InChI is InChI=1S/C14H15FN2/c1-9-3-6-12(13(15)7-9)14(16)11-5-4-10(2)17-8-11/h3-8,14H,16H2,1-2H3. The third kappa shape index (κ3) is 2.50. The van der Waals surface area contributed by atoms with Gasteiger partial charge in [-0.05, 0) is 37.1 Å². The highest BCUT2D eigenvalue weighted by molar-refractivity contribution is 5.33. The summed E-state index contributed by atoms with van der Waals surface area (Å²) in [6, 6.07) is 8.38. The highest BCUT2D eigenvalue weighted by atomic mass is 19.1. The summed E-state index contributed by atoms with van der Waals surface area (Å²) < 4.78 is 13.8. The van der Waals surface area contributed by atoms with Crippen LogP contribution in [0.3, 0.4) is 0 Å². The number of aryl methyl sites for hydroxylation is 2. The molecule has 1 aromatic heterocycles. The summed E-state index contributed by atoms with van der Waals surface area (Å²) in [5.74, 6) is -0.266. The van der Waals surface area contributed by atoms with Gasteiger partial charge < -0.3 is 5.73 Å². The van der Waals surface area contributed by atoms with Crippen LogP contribution in [0.15, 0.2) is 36.5 Å². The molecule has 1 unspecified atom stereocenters. The lowest BCUT2D eigenvalue weighted by atomic mass is 9.99. The Morgan fingerprint density at radius 1 is 1.18 bits per heavy atom. The van der Waals surface area contributed by atoms with E-state index in [9.17, 15) is 4.39 Å². The molecule has 0 radical (unpaired) electrons. The molecule has 3 heteroatoms. The summed E-state index contributed by atoms with van der Waals surface area (Å²) in [7, 11) is 0. The van der Waals surface area contributed by atoms with Crippen LogP contribution >= 0.6 is 0 Å². The third-order valence-electron chi connectivity index (χ3n) is 2.78. The van der Waals surface area contributed by atoms with Crippen LogP contribution in [0.5, 0.6) is 0 Å². The molecule has 1 heterocycles. The first-order chi connectivity index (χ1) is 8.08. The molecule has 88 valence electrons. The first-order valence-electron chi connectivity index (χ1n) is 5.52. The number of nitrogens with zero attached hydrogens (tertiary/aromatic N) is 1. The maximum Gasteiger partial charge on any atom is 0.128 e. The van der Waals surface area contributed by atoms with Gasteiger partial charge in [-0.1, -0.05) is 18.2 Å². The van der Waals surface area contributed by atoms with Gasteiger partial charge in [-0.3, -0.25) is 4.98 Å². The molecule has 17 heavy (non-hydrogen) atoms. The molecule has 2 rings (SSSR count). The summed E-state index contributed by atoms with van der Waals surface area (Å²) in [5.41, 5.74) is 9.17. The lowest BCUT2D eigenvalue weighted by molar-refractivity contribution is 0.598. The minimum atomic E-state index is -0.469. The molecule has 2 aromatic rings. The molecule has 0 aliphatic rings. The average Bonchev–Trinajstić information content (AvgIpc) is 2.29. The van der Waals surface area contributed by atoms with Crippen molar-refractivity contribution in [1.29, 1.82) is 0 Å². The first-order valence-corrected chi connectivity index (χ1v) is 5.52. The average molecular weight is 230 g/mol. The zero-order valence-corrected chi connectivity index (χ0v) is 9.94. The number of hydrogen-bond acceptors (Lipinski definition) is 2. The Bertz CT molecular complexity index is 520. The van der Waals surface area contributed by atoms with E-state index >= 15 is 0 Å². The fraction of sp³-hybridized carbons (Fsp3) is 0.214. The molecule has 0 bridgehead atoms. The topological polar surface area (TPSA) is 38.9 Å². The van der Waals surface area contributed by atoms with Gasteiger partial charge in [0.1, 0.15) is 5.82 Å². The van der Waals surface area contributed by atoms with E-state index in [1.165, 1.54) is 6.07 Å². The normalized spacial score (nSPS) is 12.5. The monoisotopic (exact) mass is 230 g/mol. The van der Waals surface area contributed by atoms with Crippen molar-refractivity contribution in [3.8, 4) is 0 Å². The molecule has 0 aliphatic heterocycles. The van der Waals surface area contributed by atoms with Gasteiger partial charge in [0.15, 0.2) is 0 Å². The number of benzene rings is 1. The first kappa shape index (κ1) is 11.7. The lowest BCUT2D eigenvalue weighted by Crippen LogP contribution is -2.14. The summed E-state index contributed by atoms with van der Waals surface area (Å²) in [5, 5.41) is 0. The van der Waals surface area contributed by atoms with Crippen molar-refractivity contribution in [3.05, 3.63) is 64.7 Å². The van der Waals surface area contributed by atoms with Crippen molar-refractivity contribution in [2.24, 2.45) is 5.73 Å². The Labute approximate surface area is 100 Å². The number of halogens is 1. The third-order valence-corrected chi connectivity index (χ3v) is 2.78.